The van der Waals surface area contributed by atoms with E-state index in [1.165, 1.54) is 6.07 Å². The van der Waals surface area contributed by atoms with E-state index in [1.807, 2.05) is 32.9 Å². The number of halogens is 3. The van der Waals surface area contributed by atoms with Crippen molar-refractivity contribution in [1.29, 1.82) is 0 Å². The first-order valence-corrected chi connectivity index (χ1v) is 14.5. The Morgan fingerprint density at radius 2 is 1.59 bits per heavy atom. The van der Waals surface area contributed by atoms with Crippen LogP contribution in [0.3, 0.4) is 0 Å². The van der Waals surface area contributed by atoms with E-state index in [0.29, 0.717) is 23.8 Å². The largest absolute Gasteiger partial charge is 0.418 e. The maximum Gasteiger partial charge on any atom is 0.284 e. The standard InChI is InChI=1S/C33H33ClF2N4O4/c1-33(2,3)32-40-39-31(44-32)28(41)12-4-5-17-37-30(43)27(19-24-25(35)10-7-11-26(24)36)38-29(42)21-15-13-20(14-16-21)22-8-6-9-23(34)18-22/h6-11,13-16,18,27H,4-5,12,17,19H2,1-3H3,(H,37,43)(H,38,42). The van der Waals surface area contributed by atoms with E-state index in [9.17, 15) is 23.2 Å². The van der Waals surface area contributed by atoms with E-state index in [2.05, 4.69) is 20.8 Å². The molecular formula is C33H33ClF2N4O4. The lowest BCUT2D eigenvalue weighted by molar-refractivity contribution is -0.122. The van der Waals surface area contributed by atoms with Crippen LogP contribution in [-0.2, 0) is 16.6 Å². The SMILES string of the molecule is CC(C)(C)c1nnc(C(=O)CCCCNC(=O)C(Cc2c(F)cccc2F)NC(=O)c2ccc(-c3cccc(Cl)c3)cc2)o1. The molecule has 0 bridgehead atoms. The lowest BCUT2D eigenvalue weighted by Gasteiger charge is -2.19. The van der Waals surface area contributed by atoms with Crippen molar-refractivity contribution in [3.8, 4) is 11.1 Å². The predicted molar refractivity (Wildman–Crippen MR) is 162 cm³/mol. The van der Waals surface area contributed by atoms with Crippen LogP contribution in [0.4, 0.5) is 8.78 Å². The number of ketones is 1. The topological polar surface area (TPSA) is 114 Å². The van der Waals surface area contributed by atoms with Crippen LogP contribution in [0, 0.1) is 11.6 Å². The summed E-state index contributed by atoms with van der Waals surface area (Å²) in [7, 11) is 0. The Bertz CT molecular complexity index is 1610. The van der Waals surface area contributed by atoms with Crippen LogP contribution in [-0.4, -0.2) is 40.4 Å². The second-order valence-corrected chi connectivity index (χ2v) is 11.8. The van der Waals surface area contributed by atoms with Crippen LogP contribution in [0.15, 0.2) is 71.1 Å². The second-order valence-electron chi connectivity index (χ2n) is 11.4. The number of hydrogen-bond acceptors (Lipinski definition) is 6. The maximum absolute atomic E-state index is 14.5. The zero-order chi connectivity index (χ0) is 31.9. The number of aromatic nitrogens is 2. The Balaban J connectivity index is 1.37. The Hall–Kier alpha value is -4.44. The quantitative estimate of drug-likeness (QED) is 0.138. The molecule has 11 heteroatoms. The van der Waals surface area contributed by atoms with Gasteiger partial charge in [0.2, 0.25) is 17.6 Å². The van der Waals surface area contributed by atoms with Crippen LogP contribution in [0.5, 0.6) is 0 Å². The fraction of sp³-hybridized carbons (Fsp3) is 0.303. The number of carbonyl (C=O) groups is 3. The van der Waals surface area contributed by atoms with Crippen molar-refractivity contribution in [1.82, 2.24) is 20.8 Å². The highest BCUT2D eigenvalue weighted by molar-refractivity contribution is 6.30. The van der Waals surface area contributed by atoms with E-state index in [4.69, 9.17) is 16.0 Å². The van der Waals surface area contributed by atoms with Gasteiger partial charge in [0.05, 0.1) is 0 Å². The Morgan fingerprint density at radius 1 is 0.909 bits per heavy atom. The number of benzene rings is 3. The molecule has 0 saturated heterocycles. The van der Waals surface area contributed by atoms with Crippen LogP contribution in [0.1, 0.15) is 72.5 Å². The monoisotopic (exact) mass is 622 g/mol. The van der Waals surface area contributed by atoms with Crippen LogP contribution in [0.25, 0.3) is 11.1 Å². The summed E-state index contributed by atoms with van der Waals surface area (Å²) in [4.78, 5) is 38.7. The van der Waals surface area contributed by atoms with Gasteiger partial charge in [0.25, 0.3) is 11.8 Å². The van der Waals surface area contributed by atoms with Gasteiger partial charge < -0.3 is 15.1 Å². The van der Waals surface area contributed by atoms with Crippen molar-refractivity contribution in [3.05, 3.63) is 106 Å². The molecule has 3 aromatic carbocycles. The van der Waals surface area contributed by atoms with Crippen LogP contribution in [0.2, 0.25) is 5.02 Å². The zero-order valence-corrected chi connectivity index (χ0v) is 25.4. The molecule has 4 aromatic rings. The van der Waals surface area contributed by atoms with Crippen molar-refractivity contribution in [2.24, 2.45) is 0 Å². The molecule has 1 unspecified atom stereocenters. The summed E-state index contributed by atoms with van der Waals surface area (Å²) in [5.41, 5.74) is 1.26. The van der Waals surface area contributed by atoms with E-state index in [1.54, 1.807) is 36.4 Å². The molecule has 8 nitrogen and oxygen atoms in total. The van der Waals surface area contributed by atoms with Gasteiger partial charge in [0.1, 0.15) is 17.7 Å². The average Bonchev–Trinajstić information content (AvgIpc) is 3.50. The molecule has 0 radical (unpaired) electrons. The van der Waals surface area contributed by atoms with Gasteiger partial charge in [-0.2, -0.15) is 0 Å². The number of hydrogen-bond donors (Lipinski definition) is 2. The lowest BCUT2D eigenvalue weighted by atomic mass is 9.97. The van der Waals surface area contributed by atoms with Crippen molar-refractivity contribution in [2.45, 2.75) is 57.9 Å². The van der Waals surface area contributed by atoms with Crippen molar-refractivity contribution >= 4 is 29.2 Å². The number of Topliss-reactive ketones (excluding diaryl/α,β-unsaturated/α-hetero) is 1. The number of nitrogens with zero attached hydrogens (tertiary/aromatic N) is 2. The Labute approximate surface area is 259 Å². The summed E-state index contributed by atoms with van der Waals surface area (Å²) in [6, 6.07) is 16.1. The minimum Gasteiger partial charge on any atom is -0.418 e. The summed E-state index contributed by atoms with van der Waals surface area (Å²) < 4.78 is 34.4. The molecule has 0 aliphatic carbocycles. The third-order valence-corrected chi connectivity index (χ3v) is 7.07. The van der Waals surface area contributed by atoms with Crippen LogP contribution >= 0.6 is 11.6 Å². The van der Waals surface area contributed by atoms with Gasteiger partial charge in [-0.1, -0.05) is 62.7 Å². The van der Waals surface area contributed by atoms with Gasteiger partial charge in [-0.15, -0.1) is 10.2 Å². The van der Waals surface area contributed by atoms with Gasteiger partial charge in [0, 0.05) is 41.0 Å². The van der Waals surface area contributed by atoms with Gasteiger partial charge in [0.15, 0.2) is 0 Å². The zero-order valence-electron chi connectivity index (χ0n) is 24.6. The molecule has 2 N–H and O–H groups in total. The highest BCUT2D eigenvalue weighted by atomic mass is 35.5. The first-order chi connectivity index (χ1) is 20.9. The first kappa shape index (κ1) is 32.5. The number of amides is 2. The Kier molecular flexibility index (Phi) is 10.6. The maximum atomic E-state index is 14.5. The van der Waals surface area contributed by atoms with Gasteiger partial charge in [-0.05, 0) is 60.4 Å². The van der Waals surface area contributed by atoms with Gasteiger partial charge >= 0.3 is 0 Å². The first-order valence-electron chi connectivity index (χ1n) is 14.2. The molecular weight excluding hydrogens is 590 g/mol. The fourth-order valence-electron chi connectivity index (χ4n) is 4.36. The number of unbranched alkanes of at least 4 members (excludes halogenated alkanes) is 1. The molecule has 0 spiro atoms. The molecule has 0 aliphatic heterocycles. The van der Waals surface area contributed by atoms with E-state index in [0.717, 1.165) is 23.3 Å². The Morgan fingerprint density at radius 3 is 2.23 bits per heavy atom. The molecule has 0 fully saturated rings. The summed E-state index contributed by atoms with van der Waals surface area (Å²) in [6.07, 6.45) is 0.581. The minimum absolute atomic E-state index is 0.0609. The van der Waals surface area contributed by atoms with E-state index >= 15 is 0 Å². The summed E-state index contributed by atoms with van der Waals surface area (Å²) in [6.45, 7) is 5.85. The highest BCUT2D eigenvalue weighted by Gasteiger charge is 2.26. The van der Waals surface area contributed by atoms with Crippen molar-refractivity contribution in [3.63, 3.8) is 0 Å². The normalized spacial score (nSPS) is 12.0. The van der Waals surface area contributed by atoms with E-state index < -0.39 is 35.9 Å². The third-order valence-electron chi connectivity index (χ3n) is 6.83. The third kappa shape index (κ3) is 8.57. The van der Waals surface area contributed by atoms with Gasteiger partial charge in [-0.25, -0.2) is 8.78 Å². The number of rotatable bonds is 12. The molecule has 0 saturated carbocycles. The molecule has 1 heterocycles. The number of nitrogens with one attached hydrogen (secondary N) is 2. The predicted octanol–water partition coefficient (Wildman–Crippen LogP) is 6.48. The smallest absolute Gasteiger partial charge is 0.284 e. The molecule has 44 heavy (non-hydrogen) atoms. The molecule has 0 aliphatic rings. The summed E-state index contributed by atoms with van der Waals surface area (Å²) in [5, 5.41) is 13.6. The molecule has 230 valence electrons. The average molecular weight is 623 g/mol. The number of carbonyl (C=O) groups excluding carboxylic acids is 3. The molecule has 2 amide bonds. The van der Waals surface area contributed by atoms with Crippen LogP contribution < -0.4 is 10.6 Å². The lowest BCUT2D eigenvalue weighted by Crippen LogP contribution is -2.48. The van der Waals surface area contributed by atoms with Crippen molar-refractivity contribution in [2.75, 3.05) is 6.54 Å². The summed E-state index contributed by atoms with van der Waals surface area (Å²) in [5.74, 6) is -2.84. The molecule has 1 aromatic heterocycles. The minimum atomic E-state index is -1.27. The molecule has 1 atom stereocenters. The van der Waals surface area contributed by atoms with Gasteiger partial charge in [-0.3, -0.25) is 14.4 Å². The fourth-order valence-corrected chi connectivity index (χ4v) is 4.55. The highest BCUT2D eigenvalue weighted by Crippen LogP contribution is 2.24. The second kappa shape index (κ2) is 14.4. The molecule has 4 rings (SSSR count). The van der Waals surface area contributed by atoms with E-state index in [-0.39, 0.29) is 41.2 Å². The summed E-state index contributed by atoms with van der Waals surface area (Å²) >= 11 is 6.08. The van der Waals surface area contributed by atoms with Crippen molar-refractivity contribution < 1.29 is 27.6 Å².